The Morgan fingerprint density at radius 2 is 1.82 bits per heavy atom. The molecule has 0 radical (unpaired) electrons. The Balaban J connectivity index is 1.24. The monoisotopic (exact) mass is 591 g/mol. The van der Waals surface area contributed by atoms with E-state index >= 15 is 0 Å². The van der Waals surface area contributed by atoms with Gasteiger partial charge in [0, 0.05) is 22.3 Å². The molecule has 0 atom stereocenters. The molecule has 0 saturated heterocycles. The van der Waals surface area contributed by atoms with Gasteiger partial charge in [-0.15, -0.1) is 0 Å². The van der Waals surface area contributed by atoms with Gasteiger partial charge in [-0.3, -0.25) is 10.1 Å². The number of anilines is 1. The van der Waals surface area contributed by atoms with Crippen LogP contribution >= 0.6 is 35.4 Å². The van der Waals surface area contributed by atoms with Crippen LogP contribution in [0.5, 0.6) is 5.75 Å². The van der Waals surface area contributed by atoms with E-state index in [1.54, 1.807) is 42.5 Å². The third kappa shape index (κ3) is 6.20. The van der Waals surface area contributed by atoms with Gasteiger partial charge < -0.3 is 19.3 Å². The van der Waals surface area contributed by atoms with Crippen molar-refractivity contribution in [1.82, 2.24) is 10.3 Å². The average molecular weight is 593 g/mol. The number of thiocarbonyl (C=S) groups is 1. The smallest absolute Gasteiger partial charge is 0.250 e. The fraction of sp³-hybridized carbons (Fsp3) is 0.100. The van der Waals surface area contributed by atoms with Gasteiger partial charge in [0.15, 0.2) is 10.7 Å². The molecule has 0 aliphatic carbocycles. The van der Waals surface area contributed by atoms with E-state index < -0.39 is 5.91 Å². The van der Waals surface area contributed by atoms with Gasteiger partial charge in [-0.2, -0.15) is 0 Å². The van der Waals surface area contributed by atoms with E-state index in [0.29, 0.717) is 55.4 Å². The zero-order valence-electron chi connectivity index (χ0n) is 21.4. The standard InChI is InChI=1S/C30H23Cl2N3O4S/c1-16(2)17-3-10-27-24(13-17)34-29(39-27)22-15-19(5-9-25(22)36)33-30(40)35-28(37)12-7-20-6-11-26(38-20)21-8-4-18(31)14-23(21)32/h3-16,36H,1-2H3,(H2,33,35,37,40)/b12-7+. The number of benzene rings is 3. The van der Waals surface area contributed by atoms with E-state index in [-0.39, 0.29) is 16.8 Å². The molecule has 0 bridgehead atoms. The largest absolute Gasteiger partial charge is 0.507 e. The molecule has 40 heavy (non-hydrogen) atoms. The van der Waals surface area contributed by atoms with Gasteiger partial charge in [-0.05, 0) is 90.4 Å². The Hall–Kier alpha value is -4.11. The highest BCUT2D eigenvalue weighted by Crippen LogP contribution is 2.34. The molecule has 202 valence electrons. The molecule has 7 nitrogen and oxygen atoms in total. The number of oxazole rings is 1. The first-order chi connectivity index (χ1) is 19.2. The second kappa shape index (κ2) is 11.6. The quantitative estimate of drug-likeness (QED) is 0.103. The minimum atomic E-state index is -0.459. The van der Waals surface area contributed by atoms with Crippen molar-refractivity contribution in [3.05, 3.63) is 94.2 Å². The van der Waals surface area contributed by atoms with Crippen molar-refractivity contribution in [2.45, 2.75) is 19.8 Å². The van der Waals surface area contributed by atoms with Crippen molar-refractivity contribution < 1.29 is 18.7 Å². The fourth-order valence-corrected chi connectivity index (χ4v) is 4.67. The summed E-state index contributed by atoms with van der Waals surface area (Å²) in [4.78, 5) is 17.0. The van der Waals surface area contributed by atoms with Gasteiger partial charge in [0.05, 0.1) is 10.6 Å². The maximum Gasteiger partial charge on any atom is 0.250 e. The van der Waals surface area contributed by atoms with Crippen LogP contribution < -0.4 is 10.6 Å². The number of phenols is 1. The van der Waals surface area contributed by atoms with Gasteiger partial charge in [0.2, 0.25) is 11.8 Å². The van der Waals surface area contributed by atoms with Crippen LogP contribution in [0.4, 0.5) is 5.69 Å². The lowest BCUT2D eigenvalue weighted by Gasteiger charge is -2.10. The Labute approximate surface area is 245 Å². The molecule has 3 aromatic carbocycles. The van der Waals surface area contributed by atoms with Gasteiger partial charge in [0.25, 0.3) is 0 Å². The molecule has 2 aromatic heterocycles. The van der Waals surface area contributed by atoms with Crippen LogP contribution in [0.1, 0.15) is 31.1 Å². The Bertz CT molecular complexity index is 1770. The van der Waals surface area contributed by atoms with Crippen LogP contribution in [0.15, 0.2) is 81.6 Å². The van der Waals surface area contributed by atoms with Crippen molar-refractivity contribution in [2.75, 3.05) is 5.32 Å². The second-order valence-corrected chi connectivity index (χ2v) is 10.5. The predicted molar refractivity (Wildman–Crippen MR) is 163 cm³/mol. The molecule has 5 rings (SSSR count). The predicted octanol–water partition coefficient (Wildman–Crippen LogP) is 8.42. The summed E-state index contributed by atoms with van der Waals surface area (Å²) < 4.78 is 11.6. The van der Waals surface area contributed by atoms with Crippen molar-refractivity contribution >= 4 is 69.3 Å². The van der Waals surface area contributed by atoms with Crippen LogP contribution in [-0.2, 0) is 4.79 Å². The molecular formula is C30H23Cl2N3O4S. The molecule has 0 spiro atoms. The van der Waals surface area contributed by atoms with Crippen molar-refractivity contribution in [1.29, 1.82) is 0 Å². The summed E-state index contributed by atoms with van der Waals surface area (Å²) in [6.45, 7) is 4.21. The van der Waals surface area contributed by atoms with E-state index in [1.807, 2.05) is 18.2 Å². The zero-order chi connectivity index (χ0) is 28.4. The second-order valence-electron chi connectivity index (χ2n) is 9.24. The van der Waals surface area contributed by atoms with Gasteiger partial charge in [0.1, 0.15) is 22.8 Å². The molecule has 10 heteroatoms. The summed E-state index contributed by atoms with van der Waals surface area (Å²) in [5.41, 5.74) is 4.06. The van der Waals surface area contributed by atoms with E-state index in [4.69, 9.17) is 44.3 Å². The fourth-order valence-electron chi connectivity index (χ4n) is 3.95. The molecule has 0 aliphatic heterocycles. The zero-order valence-corrected chi connectivity index (χ0v) is 23.7. The number of aromatic nitrogens is 1. The molecule has 5 aromatic rings. The number of carbonyl (C=O) groups excluding carboxylic acids is 1. The number of hydrogen-bond acceptors (Lipinski definition) is 6. The number of hydrogen-bond donors (Lipinski definition) is 3. The third-order valence-corrected chi connectivity index (χ3v) is 6.77. The van der Waals surface area contributed by atoms with Crippen LogP contribution in [0.2, 0.25) is 10.0 Å². The van der Waals surface area contributed by atoms with E-state index in [9.17, 15) is 9.90 Å². The Morgan fingerprint density at radius 3 is 2.60 bits per heavy atom. The highest BCUT2D eigenvalue weighted by atomic mass is 35.5. The number of fused-ring (bicyclic) bond motifs is 1. The highest BCUT2D eigenvalue weighted by molar-refractivity contribution is 7.80. The van der Waals surface area contributed by atoms with Crippen LogP contribution in [0.25, 0.3) is 40.0 Å². The van der Waals surface area contributed by atoms with E-state index in [1.165, 1.54) is 18.2 Å². The first-order valence-corrected chi connectivity index (χ1v) is 13.4. The molecule has 0 saturated carbocycles. The van der Waals surface area contributed by atoms with Gasteiger partial charge in [-0.25, -0.2) is 4.98 Å². The maximum atomic E-state index is 12.4. The lowest BCUT2D eigenvalue weighted by Crippen LogP contribution is -2.32. The molecule has 3 N–H and O–H groups in total. The number of nitrogens with zero attached hydrogens (tertiary/aromatic N) is 1. The number of aromatic hydroxyl groups is 1. The number of phenolic OH excluding ortho intramolecular Hbond substituents is 1. The minimum absolute atomic E-state index is 0.00298. The SMILES string of the molecule is CC(C)c1ccc2oc(-c3cc(NC(=S)NC(=O)/C=C/c4ccc(-c5ccc(Cl)cc5Cl)o4)ccc3O)nc2c1. The normalized spacial score (nSPS) is 11.4. The third-order valence-electron chi connectivity index (χ3n) is 6.02. The summed E-state index contributed by atoms with van der Waals surface area (Å²) in [6.07, 6.45) is 2.81. The lowest BCUT2D eigenvalue weighted by atomic mass is 10.0. The number of halogens is 2. The molecule has 2 heterocycles. The summed E-state index contributed by atoms with van der Waals surface area (Å²) in [5.74, 6) is 1.16. The number of nitrogens with one attached hydrogen (secondary N) is 2. The van der Waals surface area contributed by atoms with E-state index in [2.05, 4.69) is 29.5 Å². The molecule has 1 amide bonds. The molecule has 0 unspecified atom stereocenters. The lowest BCUT2D eigenvalue weighted by molar-refractivity contribution is -0.115. The van der Waals surface area contributed by atoms with Crippen LogP contribution in [-0.4, -0.2) is 21.1 Å². The molecule has 0 fully saturated rings. The average Bonchev–Trinajstić information content (AvgIpc) is 3.55. The van der Waals surface area contributed by atoms with Crippen molar-refractivity contribution in [3.63, 3.8) is 0 Å². The molecule has 0 aliphatic rings. The highest BCUT2D eigenvalue weighted by Gasteiger charge is 2.15. The Morgan fingerprint density at radius 1 is 1.00 bits per heavy atom. The summed E-state index contributed by atoms with van der Waals surface area (Å²) in [7, 11) is 0. The van der Waals surface area contributed by atoms with Crippen LogP contribution in [0.3, 0.4) is 0 Å². The number of furan rings is 1. The maximum absolute atomic E-state index is 12.4. The number of rotatable bonds is 6. The molecular weight excluding hydrogens is 569 g/mol. The van der Waals surface area contributed by atoms with Crippen molar-refractivity contribution in [3.8, 4) is 28.5 Å². The minimum Gasteiger partial charge on any atom is -0.507 e. The van der Waals surface area contributed by atoms with Gasteiger partial charge >= 0.3 is 0 Å². The van der Waals surface area contributed by atoms with Crippen molar-refractivity contribution in [2.24, 2.45) is 0 Å². The first-order valence-electron chi connectivity index (χ1n) is 12.3. The number of carbonyl (C=O) groups is 1. The van der Waals surface area contributed by atoms with E-state index in [0.717, 1.165) is 5.56 Å². The summed E-state index contributed by atoms with van der Waals surface area (Å²) in [6, 6.07) is 19.2. The first kappa shape index (κ1) is 27.5. The topological polar surface area (TPSA) is 101 Å². The Kier molecular flexibility index (Phi) is 7.93. The number of amides is 1. The summed E-state index contributed by atoms with van der Waals surface area (Å²) in [5, 5.41) is 17.0. The van der Waals surface area contributed by atoms with Crippen LogP contribution in [0, 0.1) is 0 Å². The van der Waals surface area contributed by atoms with Gasteiger partial charge in [-0.1, -0.05) is 43.1 Å². The summed E-state index contributed by atoms with van der Waals surface area (Å²) >= 11 is 17.5.